The summed E-state index contributed by atoms with van der Waals surface area (Å²) < 4.78 is 10.5. The summed E-state index contributed by atoms with van der Waals surface area (Å²) in [6.45, 7) is 0.725. The van der Waals surface area contributed by atoms with E-state index in [0.717, 1.165) is 12.2 Å². The SMILES string of the molecule is COc1ccc(NC(=O)c2cncc(N(C)Cc3ccccc3)c2)cc1OC. The molecule has 3 rings (SSSR count). The number of aromatic nitrogens is 1. The molecule has 0 bridgehead atoms. The first-order chi connectivity index (χ1) is 13.6. The van der Waals surface area contributed by atoms with Crippen LogP contribution < -0.4 is 19.7 Å². The molecule has 1 amide bonds. The van der Waals surface area contributed by atoms with Crippen molar-refractivity contribution in [3.05, 3.63) is 78.1 Å². The van der Waals surface area contributed by atoms with E-state index >= 15 is 0 Å². The molecule has 6 heteroatoms. The molecular weight excluding hydrogens is 354 g/mol. The minimum Gasteiger partial charge on any atom is -0.493 e. The molecule has 144 valence electrons. The van der Waals surface area contributed by atoms with E-state index in [0.29, 0.717) is 22.7 Å². The zero-order valence-electron chi connectivity index (χ0n) is 16.2. The van der Waals surface area contributed by atoms with Crippen molar-refractivity contribution in [2.45, 2.75) is 6.54 Å². The van der Waals surface area contributed by atoms with Crippen LogP contribution in [0.1, 0.15) is 15.9 Å². The van der Waals surface area contributed by atoms with E-state index in [1.807, 2.05) is 31.3 Å². The summed E-state index contributed by atoms with van der Waals surface area (Å²) in [6, 6.07) is 17.2. The van der Waals surface area contributed by atoms with Crippen LogP contribution in [0.25, 0.3) is 0 Å². The summed E-state index contributed by atoms with van der Waals surface area (Å²) in [6.07, 6.45) is 3.30. The molecule has 0 fully saturated rings. The highest BCUT2D eigenvalue weighted by molar-refractivity contribution is 6.04. The lowest BCUT2D eigenvalue weighted by Crippen LogP contribution is -2.18. The van der Waals surface area contributed by atoms with Gasteiger partial charge in [0.25, 0.3) is 5.91 Å². The molecule has 0 atom stereocenters. The Morgan fingerprint density at radius 1 is 1.00 bits per heavy atom. The fourth-order valence-electron chi connectivity index (χ4n) is 2.83. The van der Waals surface area contributed by atoms with Gasteiger partial charge >= 0.3 is 0 Å². The molecule has 2 aromatic carbocycles. The van der Waals surface area contributed by atoms with Crippen LogP contribution in [-0.4, -0.2) is 32.2 Å². The van der Waals surface area contributed by atoms with Gasteiger partial charge in [-0.3, -0.25) is 9.78 Å². The van der Waals surface area contributed by atoms with Crippen LogP contribution in [0.2, 0.25) is 0 Å². The normalized spacial score (nSPS) is 10.2. The van der Waals surface area contributed by atoms with E-state index in [2.05, 4.69) is 27.3 Å². The molecule has 1 N–H and O–H groups in total. The number of carbonyl (C=O) groups is 1. The second-order valence-corrected chi connectivity index (χ2v) is 6.30. The lowest BCUT2D eigenvalue weighted by atomic mass is 10.2. The van der Waals surface area contributed by atoms with E-state index in [1.165, 1.54) is 5.56 Å². The maximum atomic E-state index is 12.7. The number of carbonyl (C=O) groups excluding carboxylic acids is 1. The first kappa shape index (κ1) is 19.2. The number of nitrogens with zero attached hydrogens (tertiary/aromatic N) is 2. The second kappa shape index (κ2) is 8.90. The quantitative estimate of drug-likeness (QED) is 0.675. The van der Waals surface area contributed by atoms with Crippen molar-refractivity contribution in [2.24, 2.45) is 0 Å². The largest absolute Gasteiger partial charge is 0.493 e. The van der Waals surface area contributed by atoms with Gasteiger partial charge in [-0.05, 0) is 23.8 Å². The molecule has 0 radical (unpaired) electrons. The average Bonchev–Trinajstić information content (AvgIpc) is 2.74. The molecule has 0 spiro atoms. The fraction of sp³-hybridized carbons (Fsp3) is 0.182. The number of amides is 1. The number of nitrogens with one attached hydrogen (secondary N) is 1. The Labute approximate surface area is 164 Å². The van der Waals surface area contributed by atoms with Crippen LogP contribution in [0.3, 0.4) is 0 Å². The summed E-state index contributed by atoms with van der Waals surface area (Å²) in [5.41, 5.74) is 3.15. The van der Waals surface area contributed by atoms with Crippen LogP contribution >= 0.6 is 0 Å². The number of hydrogen-bond acceptors (Lipinski definition) is 5. The molecule has 0 unspecified atom stereocenters. The Balaban J connectivity index is 1.73. The Bertz CT molecular complexity index is 945. The third-order valence-electron chi connectivity index (χ3n) is 4.33. The molecular formula is C22H23N3O3. The van der Waals surface area contributed by atoms with Crippen molar-refractivity contribution in [1.82, 2.24) is 4.98 Å². The highest BCUT2D eigenvalue weighted by Gasteiger charge is 2.12. The van der Waals surface area contributed by atoms with Gasteiger partial charge in [-0.1, -0.05) is 30.3 Å². The Kier molecular flexibility index (Phi) is 6.11. The van der Waals surface area contributed by atoms with Gasteiger partial charge in [-0.15, -0.1) is 0 Å². The zero-order chi connectivity index (χ0) is 19.9. The van der Waals surface area contributed by atoms with Gasteiger partial charge in [0, 0.05) is 31.5 Å². The summed E-state index contributed by atoms with van der Waals surface area (Å²) in [5, 5.41) is 2.87. The van der Waals surface area contributed by atoms with Crippen molar-refractivity contribution >= 4 is 17.3 Å². The van der Waals surface area contributed by atoms with Crippen molar-refractivity contribution < 1.29 is 14.3 Å². The lowest BCUT2D eigenvalue weighted by Gasteiger charge is -2.19. The Hall–Kier alpha value is -3.54. The first-order valence-electron chi connectivity index (χ1n) is 8.84. The van der Waals surface area contributed by atoms with Crippen LogP contribution in [0.4, 0.5) is 11.4 Å². The number of ether oxygens (including phenoxy) is 2. The predicted molar refractivity (Wildman–Crippen MR) is 110 cm³/mol. The van der Waals surface area contributed by atoms with E-state index < -0.39 is 0 Å². The van der Waals surface area contributed by atoms with Crippen molar-refractivity contribution in [3.63, 3.8) is 0 Å². The van der Waals surface area contributed by atoms with Crippen molar-refractivity contribution in [2.75, 3.05) is 31.5 Å². The Morgan fingerprint density at radius 2 is 1.75 bits per heavy atom. The van der Waals surface area contributed by atoms with Gasteiger partial charge < -0.3 is 19.7 Å². The van der Waals surface area contributed by atoms with Crippen LogP contribution in [0, 0.1) is 0 Å². The summed E-state index contributed by atoms with van der Waals surface area (Å²) in [4.78, 5) is 18.9. The summed E-state index contributed by atoms with van der Waals surface area (Å²) in [5.74, 6) is 0.913. The van der Waals surface area contributed by atoms with Crippen LogP contribution in [-0.2, 0) is 6.54 Å². The lowest BCUT2D eigenvalue weighted by molar-refractivity contribution is 0.102. The van der Waals surface area contributed by atoms with Gasteiger partial charge in [0.05, 0.1) is 31.7 Å². The number of hydrogen-bond donors (Lipinski definition) is 1. The highest BCUT2D eigenvalue weighted by Crippen LogP contribution is 2.30. The minimum absolute atomic E-state index is 0.241. The van der Waals surface area contributed by atoms with Gasteiger partial charge in [-0.25, -0.2) is 0 Å². The molecule has 0 aliphatic carbocycles. The van der Waals surface area contributed by atoms with Gasteiger partial charge in [0.15, 0.2) is 11.5 Å². The minimum atomic E-state index is -0.241. The zero-order valence-corrected chi connectivity index (χ0v) is 16.2. The highest BCUT2D eigenvalue weighted by atomic mass is 16.5. The standard InChI is InChI=1S/C22H23N3O3/c1-25(15-16-7-5-4-6-8-16)19-11-17(13-23-14-19)22(26)24-18-9-10-20(27-2)21(12-18)28-3/h4-14H,15H2,1-3H3,(H,24,26). The van der Waals surface area contributed by atoms with E-state index in [4.69, 9.17) is 9.47 Å². The molecule has 0 saturated carbocycles. The number of benzene rings is 2. The maximum absolute atomic E-state index is 12.7. The van der Waals surface area contributed by atoms with Gasteiger partial charge in [0.1, 0.15) is 0 Å². The smallest absolute Gasteiger partial charge is 0.257 e. The topological polar surface area (TPSA) is 63.7 Å². The number of anilines is 2. The van der Waals surface area contributed by atoms with Crippen LogP contribution in [0.5, 0.6) is 11.5 Å². The first-order valence-corrected chi connectivity index (χ1v) is 8.84. The van der Waals surface area contributed by atoms with Crippen LogP contribution in [0.15, 0.2) is 67.0 Å². The molecule has 0 saturated heterocycles. The predicted octanol–water partition coefficient (Wildman–Crippen LogP) is 3.99. The van der Waals surface area contributed by atoms with E-state index in [-0.39, 0.29) is 5.91 Å². The monoisotopic (exact) mass is 377 g/mol. The second-order valence-electron chi connectivity index (χ2n) is 6.30. The molecule has 3 aromatic rings. The maximum Gasteiger partial charge on any atom is 0.257 e. The molecule has 1 heterocycles. The molecule has 1 aromatic heterocycles. The third-order valence-corrected chi connectivity index (χ3v) is 4.33. The molecule has 0 aliphatic rings. The van der Waals surface area contributed by atoms with Gasteiger partial charge in [0.2, 0.25) is 0 Å². The van der Waals surface area contributed by atoms with E-state index in [1.54, 1.807) is 44.8 Å². The third kappa shape index (κ3) is 4.59. The Morgan fingerprint density at radius 3 is 2.46 bits per heavy atom. The summed E-state index contributed by atoms with van der Waals surface area (Å²) >= 11 is 0. The van der Waals surface area contributed by atoms with Crippen molar-refractivity contribution in [3.8, 4) is 11.5 Å². The average molecular weight is 377 g/mol. The van der Waals surface area contributed by atoms with Crippen molar-refractivity contribution in [1.29, 1.82) is 0 Å². The van der Waals surface area contributed by atoms with E-state index in [9.17, 15) is 4.79 Å². The number of pyridine rings is 1. The molecule has 6 nitrogen and oxygen atoms in total. The van der Waals surface area contributed by atoms with Gasteiger partial charge in [-0.2, -0.15) is 0 Å². The number of methoxy groups -OCH3 is 2. The molecule has 28 heavy (non-hydrogen) atoms. The fourth-order valence-corrected chi connectivity index (χ4v) is 2.83. The number of rotatable bonds is 7. The molecule has 0 aliphatic heterocycles. The summed E-state index contributed by atoms with van der Waals surface area (Å²) in [7, 11) is 5.10.